The molecule has 4 heterocycles. The number of anilines is 4. The van der Waals surface area contributed by atoms with Crippen molar-refractivity contribution in [3.8, 4) is 0 Å². The minimum atomic E-state index is 0.00973. The Morgan fingerprint density at radius 1 is 1.05 bits per heavy atom. The van der Waals surface area contributed by atoms with Crippen LogP contribution < -0.4 is 15.1 Å². The summed E-state index contributed by atoms with van der Waals surface area (Å²) in [4.78, 5) is 27.8. The Hall–Kier alpha value is -3.46. The first-order valence-electron chi connectivity index (χ1n) is 13.5. The van der Waals surface area contributed by atoms with E-state index in [0.717, 1.165) is 85.4 Å². The number of nitrogens with zero attached hydrogens (tertiary/aromatic N) is 6. The van der Waals surface area contributed by atoms with Crippen LogP contribution in [0.25, 0.3) is 0 Å². The number of fused-ring (bicyclic) bond motifs is 3. The molecular formula is C28H33N7O2. The molecule has 0 saturated heterocycles. The van der Waals surface area contributed by atoms with Crippen molar-refractivity contribution >= 4 is 28.8 Å². The molecule has 0 unspecified atom stereocenters. The molecule has 0 radical (unpaired) electrons. The van der Waals surface area contributed by atoms with Crippen LogP contribution in [-0.4, -0.2) is 45.4 Å². The Bertz CT molecular complexity index is 1330. The molecule has 1 aromatic carbocycles. The van der Waals surface area contributed by atoms with E-state index >= 15 is 0 Å². The monoisotopic (exact) mass is 499 g/mol. The van der Waals surface area contributed by atoms with Crippen LogP contribution in [0.4, 0.5) is 22.9 Å². The maximum atomic E-state index is 14.0. The molecule has 2 fully saturated rings. The Morgan fingerprint density at radius 3 is 2.73 bits per heavy atom. The minimum absolute atomic E-state index is 0.00973. The number of hydrogen-bond donors (Lipinski definition) is 1. The van der Waals surface area contributed by atoms with Gasteiger partial charge in [0, 0.05) is 42.9 Å². The van der Waals surface area contributed by atoms with Crippen LogP contribution in [0, 0.1) is 5.92 Å². The normalized spacial score (nSPS) is 22.9. The quantitative estimate of drug-likeness (QED) is 0.570. The molecule has 0 atom stereocenters. The molecule has 4 aliphatic rings. The standard InChI is InChI=1S/C28H33N7O2/c1-37-22-9-6-19(7-10-22)28(36)34-16-20-3-2-12-29-26(20)30-23-11-8-21(15-24(23)34)33-13-14-35-25(17-33)31-27(32-35)18-4-5-18/h2-3,8,11-12,15,18-19,22H,4-7,9-10,13-14,16-17H2,1H3,(H,29,30)/t19-,22-. The number of benzene rings is 1. The summed E-state index contributed by atoms with van der Waals surface area (Å²) in [5, 5.41) is 8.25. The van der Waals surface area contributed by atoms with Crippen LogP contribution in [0.2, 0.25) is 0 Å². The highest BCUT2D eigenvalue weighted by Crippen LogP contribution is 2.41. The maximum Gasteiger partial charge on any atom is 0.230 e. The number of pyridine rings is 1. The smallest absolute Gasteiger partial charge is 0.230 e. The third kappa shape index (κ3) is 4.25. The van der Waals surface area contributed by atoms with E-state index < -0.39 is 0 Å². The number of hydrogen-bond acceptors (Lipinski definition) is 7. The van der Waals surface area contributed by atoms with Crippen LogP contribution in [0.1, 0.15) is 61.7 Å². The number of carbonyl (C=O) groups is 1. The molecular weight excluding hydrogens is 466 g/mol. The zero-order chi connectivity index (χ0) is 24.9. The third-order valence-electron chi connectivity index (χ3n) is 8.35. The molecule has 9 nitrogen and oxygen atoms in total. The first-order valence-corrected chi connectivity index (χ1v) is 13.5. The van der Waals surface area contributed by atoms with Crippen molar-refractivity contribution in [1.29, 1.82) is 0 Å². The van der Waals surface area contributed by atoms with E-state index in [0.29, 0.717) is 12.5 Å². The molecule has 2 aromatic heterocycles. The van der Waals surface area contributed by atoms with E-state index in [2.05, 4.69) is 44.1 Å². The Morgan fingerprint density at radius 2 is 1.92 bits per heavy atom. The van der Waals surface area contributed by atoms with Gasteiger partial charge in [0.15, 0.2) is 5.82 Å². The number of carbonyl (C=O) groups excluding carboxylic acids is 1. The van der Waals surface area contributed by atoms with Crippen molar-refractivity contribution < 1.29 is 9.53 Å². The van der Waals surface area contributed by atoms with Crippen molar-refractivity contribution in [2.45, 2.75) is 70.2 Å². The van der Waals surface area contributed by atoms with Crippen molar-refractivity contribution in [2.75, 3.05) is 28.8 Å². The molecule has 1 N–H and O–H groups in total. The first kappa shape index (κ1) is 22.7. The van der Waals surface area contributed by atoms with Gasteiger partial charge < -0.3 is 19.9 Å². The molecule has 9 heteroatoms. The lowest BCUT2D eigenvalue weighted by Crippen LogP contribution is -2.38. The van der Waals surface area contributed by atoms with Crippen LogP contribution in [-0.2, 0) is 29.2 Å². The van der Waals surface area contributed by atoms with Crippen LogP contribution >= 0.6 is 0 Å². The molecule has 2 aliphatic heterocycles. The number of rotatable bonds is 4. The fourth-order valence-electron chi connectivity index (χ4n) is 5.96. The third-order valence-corrected chi connectivity index (χ3v) is 8.35. The highest BCUT2D eigenvalue weighted by Gasteiger charge is 2.34. The highest BCUT2D eigenvalue weighted by molar-refractivity contribution is 6.00. The SMILES string of the molecule is CO[C@H]1CC[C@H](C(=O)N2Cc3cccnc3Nc3ccc(N4CCn5nc(C6CC6)nc5C4)cc32)CC1. The van der Waals surface area contributed by atoms with Gasteiger partial charge in [-0.05, 0) is 62.8 Å². The lowest BCUT2D eigenvalue weighted by molar-refractivity contribution is -0.124. The lowest BCUT2D eigenvalue weighted by atomic mass is 9.86. The van der Waals surface area contributed by atoms with E-state index in [1.807, 2.05) is 11.0 Å². The average Bonchev–Trinajstić information content (AvgIpc) is 3.73. The Labute approximate surface area is 216 Å². The van der Waals surface area contributed by atoms with Gasteiger partial charge in [0.2, 0.25) is 5.91 Å². The van der Waals surface area contributed by atoms with Gasteiger partial charge in [0.05, 0.1) is 37.1 Å². The van der Waals surface area contributed by atoms with E-state index in [-0.39, 0.29) is 17.9 Å². The molecule has 3 aromatic rings. The van der Waals surface area contributed by atoms with E-state index in [1.165, 1.54) is 12.8 Å². The summed E-state index contributed by atoms with van der Waals surface area (Å²) in [6, 6.07) is 10.4. The van der Waals surface area contributed by atoms with Gasteiger partial charge >= 0.3 is 0 Å². The largest absolute Gasteiger partial charge is 0.381 e. The number of nitrogens with one attached hydrogen (secondary N) is 1. The van der Waals surface area contributed by atoms with Crippen LogP contribution in [0.15, 0.2) is 36.5 Å². The summed E-state index contributed by atoms with van der Waals surface area (Å²) in [5.41, 5.74) is 3.96. The van der Waals surface area contributed by atoms with Crippen LogP contribution in [0.5, 0.6) is 0 Å². The molecule has 7 rings (SSSR count). The fraction of sp³-hybridized carbons (Fsp3) is 0.500. The summed E-state index contributed by atoms with van der Waals surface area (Å²) in [6.07, 6.45) is 8.06. The van der Waals surface area contributed by atoms with Gasteiger partial charge in [-0.2, -0.15) is 5.10 Å². The van der Waals surface area contributed by atoms with Gasteiger partial charge in [-0.3, -0.25) is 4.79 Å². The average molecular weight is 500 g/mol. The molecule has 2 saturated carbocycles. The number of amides is 1. The molecule has 1 amide bonds. The predicted molar refractivity (Wildman–Crippen MR) is 141 cm³/mol. The zero-order valence-corrected chi connectivity index (χ0v) is 21.3. The fourth-order valence-corrected chi connectivity index (χ4v) is 5.96. The Balaban J connectivity index is 1.20. The summed E-state index contributed by atoms with van der Waals surface area (Å²) >= 11 is 0. The van der Waals surface area contributed by atoms with Gasteiger partial charge in [0.25, 0.3) is 0 Å². The molecule has 37 heavy (non-hydrogen) atoms. The Kier molecular flexibility index (Phi) is 5.61. The molecule has 2 aliphatic carbocycles. The van der Waals surface area contributed by atoms with Crippen molar-refractivity contribution in [3.63, 3.8) is 0 Å². The van der Waals surface area contributed by atoms with Crippen molar-refractivity contribution in [1.82, 2.24) is 19.7 Å². The molecule has 0 spiro atoms. The molecule has 0 bridgehead atoms. The van der Waals surface area contributed by atoms with E-state index in [9.17, 15) is 4.79 Å². The second-order valence-electron chi connectivity index (χ2n) is 10.8. The topological polar surface area (TPSA) is 88.4 Å². The van der Waals surface area contributed by atoms with Gasteiger partial charge in [-0.1, -0.05) is 6.07 Å². The summed E-state index contributed by atoms with van der Waals surface area (Å²) in [6.45, 7) is 2.92. The highest BCUT2D eigenvalue weighted by atomic mass is 16.5. The number of ether oxygens (including phenoxy) is 1. The number of methoxy groups -OCH3 is 1. The van der Waals surface area contributed by atoms with Gasteiger partial charge in [0.1, 0.15) is 11.6 Å². The summed E-state index contributed by atoms with van der Waals surface area (Å²) in [5.74, 6) is 3.61. The van der Waals surface area contributed by atoms with Crippen molar-refractivity contribution in [2.24, 2.45) is 5.92 Å². The predicted octanol–water partition coefficient (Wildman–Crippen LogP) is 4.37. The van der Waals surface area contributed by atoms with Crippen LogP contribution in [0.3, 0.4) is 0 Å². The second kappa shape index (κ2) is 9.13. The number of aromatic nitrogens is 4. The maximum absolute atomic E-state index is 14.0. The van der Waals surface area contributed by atoms with E-state index in [4.69, 9.17) is 14.8 Å². The van der Waals surface area contributed by atoms with Gasteiger partial charge in [-0.15, -0.1) is 0 Å². The summed E-state index contributed by atoms with van der Waals surface area (Å²) in [7, 11) is 1.77. The van der Waals surface area contributed by atoms with E-state index in [1.54, 1.807) is 13.3 Å². The zero-order valence-electron chi connectivity index (χ0n) is 21.3. The van der Waals surface area contributed by atoms with Gasteiger partial charge in [-0.25, -0.2) is 14.6 Å². The second-order valence-corrected chi connectivity index (χ2v) is 10.8. The summed E-state index contributed by atoms with van der Waals surface area (Å²) < 4.78 is 7.63. The van der Waals surface area contributed by atoms with Crippen molar-refractivity contribution in [3.05, 3.63) is 53.7 Å². The lowest BCUT2D eigenvalue weighted by Gasteiger charge is -2.33. The molecule has 192 valence electrons. The minimum Gasteiger partial charge on any atom is -0.381 e. The first-order chi connectivity index (χ1) is 18.2.